The van der Waals surface area contributed by atoms with E-state index in [1.165, 1.54) is 70.6 Å². The van der Waals surface area contributed by atoms with Crippen LogP contribution >= 0.6 is 0 Å². The highest BCUT2D eigenvalue weighted by Crippen LogP contribution is 2.12. The SMILES string of the molecule is CC(=O)O.CCC(=O)O.CCCCCCCCCCCCCCCC(=O)O. The zero-order valence-corrected chi connectivity index (χ0v) is 17.7. The van der Waals surface area contributed by atoms with Gasteiger partial charge in [-0.2, -0.15) is 0 Å². The molecule has 6 heteroatoms. The molecule has 6 nitrogen and oxygen atoms in total. The molecule has 0 radical (unpaired) electrons. The predicted octanol–water partition coefficient (Wildman–Crippen LogP) is 6.12. The summed E-state index contributed by atoms with van der Waals surface area (Å²) in [4.78, 5) is 28.7. The number of carboxylic acids is 3. The fourth-order valence-electron chi connectivity index (χ4n) is 2.29. The lowest BCUT2D eigenvalue weighted by molar-refractivity contribution is -0.137. The number of aliphatic carboxylic acids is 3. The molecule has 0 aromatic carbocycles. The molecule has 0 saturated heterocycles. The lowest BCUT2D eigenvalue weighted by Crippen LogP contribution is -1.93. The highest BCUT2D eigenvalue weighted by atomic mass is 16.4. The van der Waals surface area contributed by atoms with Crippen LogP contribution in [0.25, 0.3) is 0 Å². The topological polar surface area (TPSA) is 112 Å². The molecule has 162 valence electrons. The average Bonchev–Trinajstić information content (AvgIpc) is 2.58. The molecule has 0 bridgehead atoms. The molecule has 27 heavy (non-hydrogen) atoms. The Morgan fingerprint density at radius 1 is 0.556 bits per heavy atom. The smallest absolute Gasteiger partial charge is 0.303 e. The molecule has 0 spiro atoms. The van der Waals surface area contributed by atoms with Crippen LogP contribution in [0.1, 0.15) is 117 Å². The van der Waals surface area contributed by atoms with Crippen molar-refractivity contribution in [3.8, 4) is 0 Å². The summed E-state index contributed by atoms with van der Waals surface area (Å²) in [6.07, 6.45) is 17.5. The van der Waals surface area contributed by atoms with Gasteiger partial charge in [-0.15, -0.1) is 0 Å². The van der Waals surface area contributed by atoms with Gasteiger partial charge in [0, 0.05) is 19.8 Å². The molecule has 0 fully saturated rings. The first-order chi connectivity index (χ1) is 12.8. The van der Waals surface area contributed by atoms with Crippen molar-refractivity contribution in [2.24, 2.45) is 0 Å². The summed E-state index contributed by atoms with van der Waals surface area (Å²) in [6, 6.07) is 0. The second-order valence-corrected chi connectivity index (χ2v) is 6.65. The Morgan fingerprint density at radius 2 is 0.815 bits per heavy atom. The third kappa shape index (κ3) is 51.6. The summed E-state index contributed by atoms with van der Waals surface area (Å²) < 4.78 is 0. The molecule has 0 aromatic rings. The van der Waals surface area contributed by atoms with Gasteiger partial charge in [-0.3, -0.25) is 14.4 Å². The maximum Gasteiger partial charge on any atom is 0.303 e. The Bertz CT molecular complexity index is 338. The second kappa shape index (κ2) is 26.6. The molecule has 0 unspecified atom stereocenters. The van der Waals surface area contributed by atoms with E-state index in [2.05, 4.69) is 6.92 Å². The Balaban J connectivity index is -0.000000528. The number of hydrogen-bond acceptors (Lipinski definition) is 3. The normalized spacial score (nSPS) is 9.44. The molecule has 0 atom stereocenters. The van der Waals surface area contributed by atoms with Gasteiger partial charge in [-0.05, 0) is 6.42 Å². The first-order valence-electron chi connectivity index (χ1n) is 10.4. The van der Waals surface area contributed by atoms with E-state index in [0.717, 1.165) is 19.8 Å². The maximum atomic E-state index is 10.3. The molecule has 0 aliphatic carbocycles. The fraction of sp³-hybridized carbons (Fsp3) is 0.857. The first-order valence-corrected chi connectivity index (χ1v) is 10.4. The van der Waals surface area contributed by atoms with E-state index in [-0.39, 0.29) is 6.42 Å². The monoisotopic (exact) mass is 390 g/mol. The summed E-state index contributed by atoms with van der Waals surface area (Å²) in [7, 11) is 0. The van der Waals surface area contributed by atoms with Crippen LogP contribution in [0.5, 0.6) is 0 Å². The van der Waals surface area contributed by atoms with Crippen LogP contribution in [0.3, 0.4) is 0 Å². The van der Waals surface area contributed by atoms with Gasteiger partial charge in [0.15, 0.2) is 0 Å². The minimum Gasteiger partial charge on any atom is -0.481 e. The summed E-state index contributed by atoms with van der Waals surface area (Å²) >= 11 is 0. The molecule has 3 N–H and O–H groups in total. The van der Waals surface area contributed by atoms with Crippen molar-refractivity contribution in [3.05, 3.63) is 0 Å². The third-order valence-electron chi connectivity index (χ3n) is 3.80. The molecule has 0 rings (SSSR count). The number of carbonyl (C=O) groups is 3. The standard InChI is InChI=1S/C16H32O2.C3H6O2.C2H4O2/c1-2-3-4-5-6-7-8-9-10-11-12-13-14-15-16(17)18;1-2-3(4)5;1-2(3)4/h2-15H2,1H3,(H,17,18);2H2,1H3,(H,4,5);1H3,(H,3,4). The van der Waals surface area contributed by atoms with Gasteiger partial charge in [0.1, 0.15) is 0 Å². The highest BCUT2D eigenvalue weighted by molar-refractivity contribution is 5.66. The zero-order valence-electron chi connectivity index (χ0n) is 17.7. The van der Waals surface area contributed by atoms with Crippen molar-refractivity contribution >= 4 is 17.9 Å². The lowest BCUT2D eigenvalue weighted by atomic mass is 10.0. The van der Waals surface area contributed by atoms with E-state index in [4.69, 9.17) is 20.1 Å². The van der Waals surface area contributed by atoms with Crippen LogP contribution in [-0.2, 0) is 14.4 Å². The van der Waals surface area contributed by atoms with Crippen molar-refractivity contribution in [3.63, 3.8) is 0 Å². The van der Waals surface area contributed by atoms with Gasteiger partial charge in [0.05, 0.1) is 0 Å². The summed E-state index contributed by atoms with van der Waals surface area (Å²) in [5, 5.41) is 23.6. The van der Waals surface area contributed by atoms with E-state index in [1.807, 2.05) is 0 Å². The molecule has 0 saturated carbocycles. The minimum atomic E-state index is -0.833. The fourth-order valence-corrected chi connectivity index (χ4v) is 2.29. The Morgan fingerprint density at radius 3 is 1.04 bits per heavy atom. The quantitative estimate of drug-likeness (QED) is 0.290. The first kappa shape index (κ1) is 30.1. The average molecular weight is 391 g/mol. The van der Waals surface area contributed by atoms with Crippen molar-refractivity contribution in [2.75, 3.05) is 0 Å². The molecule has 0 aromatic heterocycles. The van der Waals surface area contributed by atoms with Gasteiger partial charge in [0.25, 0.3) is 5.97 Å². The summed E-state index contributed by atoms with van der Waals surface area (Å²) in [6.45, 7) is 4.94. The van der Waals surface area contributed by atoms with Crippen molar-refractivity contribution in [1.82, 2.24) is 0 Å². The van der Waals surface area contributed by atoms with Crippen molar-refractivity contribution in [2.45, 2.75) is 117 Å². The largest absolute Gasteiger partial charge is 0.481 e. The second-order valence-electron chi connectivity index (χ2n) is 6.65. The Hall–Kier alpha value is -1.59. The zero-order chi connectivity index (χ0) is 21.3. The van der Waals surface area contributed by atoms with Crippen molar-refractivity contribution in [1.29, 1.82) is 0 Å². The number of unbranched alkanes of at least 4 members (excludes halogenated alkanes) is 12. The van der Waals surface area contributed by atoms with Crippen LogP contribution < -0.4 is 0 Å². The molecular formula is C21H42O6. The molecule has 0 aliphatic heterocycles. The Kier molecular flexibility index (Phi) is 29.7. The van der Waals surface area contributed by atoms with E-state index in [1.54, 1.807) is 6.92 Å². The van der Waals surface area contributed by atoms with Crippen LogP contribution in [0.15, 0.2) is 0 Å². The number of rotatable bonds is 15. The van der Waals surface area contributed by atoms with Crippen LogP contribution in [0, 0.1) is 0 Å². The lowest BCUT2D eigenvalue weighted by Gasteiger charge is -2.02. The maximum absolute atomic E-state index is 10.3. The summed E-state index contributed by atoms with van der Waals surface area (Å²) in [5.41, 5.74) is 0. The van der Waals surface area contributed by atoms with E-state index >= 15 is 0 Å². The van der Waals surface area contributed by atoms with Gasteiger partial charge >= 0.3 is 11.9 Å². The Labute approximate surface area is 165 Å². The number of carboxylic acid groups (broad SMARTS) is 3. The van der Waals surface area contributed by atoms with Gasteiger partial charge in [0.2, 0.25) is 0 Å². The van der Waals surface area contributed by atoms with E-state index < -0.39 is 17.9 Å². The van der Waals surface area contributed by atoms with Crippen molar-refractivity contribution < 1.29 is 29.7 Å². The van der Waals surface area contributed by atoms with E-state index in [9.17, 15) is 9.59 Å². The van der Waals surface area contributed by atoms with E-state index in [0.29, 0.717) is 6.42 Å². The predicted molar refractivity (Wildman–Crippen MR) is 109 cm³/mol. The number of hydrogen-bond donors (Lipinski definition) is 3. The molecule has 0 heterocycles. The van der Waals surface area contributed by atoms with Gasteiger partial charge < -0.3 is 15.3 Å². The van der Waals surface area contributed by atoms with Gasteiger partial charge in [-0.1, -0.05) is 90.9 Å². The minimum absolute atomic E-state index is 0.222. The van der Waals surface area contributed by atoms with Crippen LogP contribution in [-0.4, -0.2) is 33.2 Å². The van der Waals surface area contributed by atoms with Crippen LogP contribution in [0.2, 0.25) is 0 Å². The molecular weight excluding hydrogens is 348 g/mol. The summed E-state index contributed by atoms with van der Waals surface area (Å²) in [5.74, 6) is -2.23. The molecule has 0 amide bonds. The highest BCUT2D eigenvalue weighted by Gasteiger charge is 1.96. The molecule has 0 aliphatic rings. The van der Waals surface area contributed by atoms with Gasteiger partial charge in [-0.25, -0.2) is 0 Å². The third-order valence-corrected chi connectivity index (χ3v) is 3.80. The van der Waals surface area contributed by atoms with Crippen LogP contribution in [0.4, 0.5) is 0 Å².